The molecule has 1 heterocycles. The Hall–Kier alpha value is -0.710. The molecule has 0 fully saturated rings. The van der Waals surface area contributed by atoms with E-state index in [9.17, 15) is 8.78 Å². The molecule has 0 aliphatic carbocycles. The van der Waals surface area contributed by atoms with Crippen LogP contribution in [0.1, 0.15) is 17.7 Å². The minimum Gasteiger partial charge on any atom is -0.496 e. The van der Waals surface area contributed by atoms with Crippen LogP contribution in [0.2, 0.25) is 0 Å². The van der Waals surface area contributed by atoms with E-state index in [0.29, 0.717) is 11.0 Å². The van der Waals surface area contributed by atoms with Crippen molar-refractivity contribution in [1.82, 2.24) is 4.98 Å². The van der Waals surface area contributed by atoms with Gasteiger partial charge in [-0.3, -0.25) is 4.98 Å². The largest absolute Gasteiger partial charge is 0.496 e. The maximum Gasteiger partial charge on any atom is 0.269 e. The van der Waals surface area contributed by atoms with Gasteiger partial charge in [-0.1, -0.05) is 15.9 Å². The van der Waals surface area contributed by atoms with Crippen molar-refractivity contribution in [2.24, 2.45) is 0 Å². The summed E-state index contributed by atoms with van der Waals surface area (Å²) in [6, 6.07) is 1.42. The molecule has 1 rings (SSSR count). The zero-order valence-corrected chi connectivity index (χ0v) is 8.51. The van der Waals surface area contributed by atoms with Gasteiger partial charge in [0.25, 0.3) is 6.43 Å². The number of alkyl halides is 3. The molecule has 2 nitrogen and oxygen atoms in total. The summed E-state index contributed by atoms with van der Waals surface area (Å²) in [4.78, 5) is 3.82. The minimum atomic E-state index is -2.56. The number of hydrogen-bond acceptors (Lipinski definition) is 2. The van der Waals surface area contributed by atoms with Crippen molar-refractivity contribution < 1.29 is 13.5 Å². The fraction of sp³-hybridized carbons (Fsp3) is 0.375. The first-order chi connectivity index (χ1) is 6.20. The van der Waals surface area contributed by atoms with Gasteiger partial charge < -0.3 is 4.74 Å². The molecule has 72 valence electrons. The standard InChI is InChI=1S/C8H8BrF2NO/c1-13-6-2-3-12-5(4-9)7(6)8(10)11/h2-3,8H,4H2,1H3. The van der Waals surface area contributed by atoms with Crippen LogP contribution in [0.3, 0.4) is 0 Å². The van der Waals surface area contributed by atoms with Crippen LogP contribution in [0.5, 0.6) is 5.75 Å². The predicted octanol–water partition coefficient (Wildman–Crippen LogP) is 2.92. The summed E-state index contributed by atoms with van der Waals surface area (Å²) in [6.45, 7) is 0. The van der Waals surface area contributed by atoms with Gasteiger partial charge in [0.15, 0.2) is 0 Å². The third-order valence-electron chi connectivity index (χ3n) is 1.60. The maximum absolute atomic E-state index is 12.5. The number of hydrogen-bond donors (Lipinski definition) is 0. The smallest absolute Gasteiger partial charge is 0.269 e. The lowest BCUT2D eigenvalue weighted by atomic mass is 10.2. The van der Waals surface area contributed by atoms with Gasteiger partial charge in [0.05, 0.1) is 18.4 Å². The van der Waals surface area contributed by atoms with E-state index >= 15 is 0 Å². The number of nitrogens with zero attached hydrogens (tertiary/aromatic N) is 1. The summed E-state index contributed by atoms with van der Waals surface area (Å²) < 4.78 is 29.9. The highest BCUT2D eigenvalue weighted by Gasteiger charge is 2.18. The number of halogens is 3. The molecule has 0 aliphatic rings. The van der Waals surface area contributed by atoms with Gasteiger partial charge >= 0.3 is 0 Å². The highest BCUT2D eigenvalue weighted by molar-refractivity contribution is 9.08. The zero-order chi connectivity index (χ0) is 9.84. The van der Waals surface area contributed by atoms with E-state index in [-0.39, 0.29) is 11.3 Å². The molecule has 13 heavy (non-hydrogen) atoms. The topological polar surface area (TPSA) is 22.1 Å². The van der Waals surface area contributed by atoms with Crippen LogP contribution in [0.4, 0.5) is 8.78 Å². The molecule has 0 saturated heterocycles. The third kappa shape index (κ3) is 2.15. The molecular weight excluding hydrogens is 244 g/mol. The first-order valence-electron chi connectivity index (χ1n) is 3.56. The van der Waals surface area contributed by atoms with E-state index in [1.165, 1.54) is 19.4 Å². The van der Waals surface area contributed by atoms with Crippen molar-refractivity contribution >= 4 is 15.9 Å². The van der Waals surface area contributed by atoms with E-state index in [2.05, 4.69) is 20.9 Å². The van der Waals surface area contributed by atoms with Crippen LogP contribution >= 0.6 is 15.9 Å². The van der Waals surface area contributed by atoms with Crippen LogP contribution in [-0.2, 0) is 5.33 Å². The van der Waals surface area contributed by atoms with Crippen molar-refractivity contribution in [3.05, 3.63) is 23.5 Å². The molecule has 0 aliphatic heterocycles. The van der Waals surface area contributed by atoms with Crippen molar-refractivity contribution in [3.8, 4) is 5.75 Å². The Labute approximate surface area is 83.1 Å². The van der Waals surface area contributed by atoms with E-state index in [0.717, 1.165) is 0 Å². The van der Waals surface area contributed by atoms with Crippen LogP contribution in [-0.4, -0.2) is 12.1 Å². The fourth-order valence-corrected chi connectivity index (χ4v) is 1.46. The van der Waals surface area contributed by atoms with Crippen LogP contribution in [0.15, 0.2) is 12.3 Å². The molecule has 0 unspecified atom stereocenters. The van der Waals surface area contributed by atoms with Gasteiger partial charge in [-0.05, 0) is 6.07 Å². The second-order valence-corrected chi connectivity index (χ2v) is 2.87. The molecule has 0 spiro atoms. The zero-order valence-electron chi connectivity index (χ0n) is 6.93. The molecule has 0 radical (unpaired) electrons. The van der Waals surface area contributed by atoms with Gasteiger partial charge in [0.1, 0.15) is 5.75 Å². The Kier molecular flexibility index (Phi) is 3.59. The molecule has 1 aromatic rings. The normalized spacial score (nSPS) is 10.5. The Balaban J connectivity index is 3.21. The predicted molar refractivity (Wildman–Crippen MR) is 48.4 cm³/mol. The lowest BCUT2D eigenvalue weighted by molar-refractivity contribution is 0.145. The third-order valence-corrected chi connectivity index (χ3v) is 2.13. The first-order valence-corrected chi connectivity index (χ1v) is 4.68. The minimum absolute atomic E-state index is 0.137. The summed E-state index contributed by atoms with van der Waals surface area (Å²) in [7, 11) is 1.36. The van der Waals surface area contributed by atoms with Gasteiger partial charge in [-0.25, -0.2) is 8.78 Å². The van der Waals surface area contributed by atoms with Crippen molar-refractivity contribution in [2.75, 3.05) is 7.11 Å². The molecule has 0 saturated carbocycles. The van der Waals surface area contributed by atoms with Crippen LogP contribution in [0, 0.1) is 0 Å². The second kappa shape index (κ2) is 4.50. The summed E-state index contributed by atoms with van der Waals surface area (Å²) in [5.41, 5.74) is 0.177. The Morgan fingerprint density at radius 1 is 1.62 bits per heavy atom. The summed E-state index contributed by atoms with van der Waals surface area (Å²) in [5, 5.41) is 0.296. The second-order valence-electron chi connectivity index (χ2n) is 2.31. The average Bonchev–Trinajstić information content (AvgIpc) is 2.16. The van der Waals surface area contributed by atoms with Crippen molar-refractivity contribution in [1.29, 1.82) is 0 Å². The molecule has 0 bridgehead atoms. The summed E-state index contributed by atoms with van der Waals surface area (Å²) in [6.07, 6.45) is -1.11. The van der Waals surface area contributed by atoms with Gasteiger partial charge in [0.2, 0.25) is 0 Å². The van der Waals surface area contributed by atoms with Crippen LogP contribution in [0.25, 0.3) is 0 Å². The number of ether oxygens (including phenoxy) is 1. The maximum atomic E-state index is 12.5. The fourth-order valence-electron chi connectivity index (χ4n) is 1.01. The van der Waals surface area contributed by atoms with E-state index in [4.69, 9.17) is 4.74 Å². The van der Waals surface area contributed by atoms with Gasteiger partial charge in [-0.15, -0.1) is 0 Å². The van der Waals surface area contributed by atoms with Gasteiger partial charge in [-0.2, -0.15) is 0 Å². The highest BCUT2D eigenvalue weighted by atomic mass is 79.9. The lowest BCUT2D eigenvalue weighted by Crippen LogP contribution is -1.99. The average molecular weight is 252 g/mol. The summed E-state index contributed by atoms with van der Waals surface area (Å²) in [5.74, 6) is 0.180. The first kappa shape index (κ1) is 10.4. The van der Waals surface area contributed by atoms with E-state index < -0.39 is 6.43 Å². The molecule has 5 heteroatoms. The monoisotopic (exact) mass is 251 g/mol. The number of aromatic nitrogens is 1. The SMILES string of the molecule is COc1ccnc(CBr)c1C(F)F. The summed E-state index contributed by atoms with van der Waals surface area (Å²) >= 11 is 3.09. The Morgan fingerprint density at radius 2 is 2.31 bits per heavy atom. The van der Waals surface area contributed by atoms with Crippen molar-refractivity contribution in [2.45, 2.75) is 11.8 Å². The number of rotatable bonds is 3. The Morgan fingerprint density at radius 3 is 2.77 bits per heavy atom. The lowest BCUT2D eigenvalue weighted by Gasteiger charge is -2.09. The molecule has 0 amide bonds. The quantitative estimate of drug-likeness (QED) is 0.771. The van der Waals surface area contributed by atoms with E-state index in [1.807, 2.05) is 0 Å². The van der Waals surface area contributed by atoms with Crippen LogP contribution < -0.4 is 4.74 Å². The molecule has 0 aromatic carbocycles. The highest BCUT2D eigenvalue weighted by Crippen LogP contribution is 2.31. The number of methoxy groups -OCH3 is 1. The number of pyridine rings is 1. The van der Waals surface area contributed by atoms with E-state index in [1.54, 1.807) is 0 Å². The van der Waals surface area contributed by atoms with Crippen molar-refractivity contribution in [3.63, 3.8) is 0 Å². The molecule has 0 N–H and O–H groups in total. The molecule has 1 aromatic heterocycles. The molecular formula is C8H8BrF2NO. The Bertz CT molecular complexity index is 271. The van der Waals surface area contributed by atoms with Gasteiger partial charge in [0, 0.05) is 11.5 Å². The molecule has 0 atom stereocenters.